The van der Waals surface area contributed by atoms with Crippen molar-refractivity contribution in [2.24, 2.45) is 0 Å². The van der Waals surface area contributed by atoms with Crippen LogP contribution in [0, 0.1) is 13.8 Å². The maximum absolute atomic E-state index is 13.1. The zero-order valence-corrected chi connectivity index (χ0v) is 17.2. The van der Waals surface area contributed by atoms with E-state index in [1.54, 1.807) is 13.0 Å². The lowest BCUT2D eigenvalue weighted by atomic mass is 10.0. The average molecular weight is 415 g/mol. The third-order valence-corrected chi connectivity index (χ3v) is 5.27. The van der Waals surface area contributed by atoms with E-state index in [-0.39, 0.29) is 12.0 Å². The van der Waals surface area contributed by atoms with Gasteiger partial charge in [-0.1, -0.05) is 47.1 Å². The zero-order chi connectivity index (χ0) is 21.4. The maximum Gasteiger partial charge on any atom is 0.259 e. The van der Waals surface area contributed by atoms with Crippen LogP contribution in [0.15, 0.2) is 59.1 Å². The lowest BCUT2D eigenvalue weighted by Gasteiger charge is -2.26. The first-order chi connectivity index (χ1) is 15.1. The van der Waals surface area contributed by atoms with Crippen molar-refractivity contribution in [3.8, 4) is 22.8 Å². The van der Waals surface area contributed by atoms with Gasteiger partial charge in [-0.05, 0) is 32.0 Å². The number of ether oxygens (including phenoxy) is 2. The normalized spacial score (nSPS) is 15.1. The molecule has 0 unspecified atom stereocenters. The van der Waals surface area contributed by atoms with Crippen LogP contribution in [0.25, 0.3) is 22.4 Å². The molecule has 7 nitrogen and oxygen atoms in total. The van der Waals surface area contributed by atoms with Crippen LogP contribution in [0.4, 0.5) is 0 Å². The fraction of sp³-hybridized carbons (Fsp3) is 0.208. The van der Waals surface area contributed by atoms with Crippen LogP contribution < -0.4 is 14.8 Å². The summed E-state index contributed by atoms with van der Waals surface area (Å²) in [6.45, 7) is 4.49. The van der Waals surface area contributed by atoms with Crippen molar-refractivity contribution < 1.29 is 18.8 Å². The minimum Gasteiger partial charge on any atom is -0.486 e. The molecule has 0 bridgehead atoms. The van der Waals surface area contributed by atoms with Crippen molar-refractivity contribution in [3.05, 3.63) is 71.4 Å². The quantitative estimate of drug-likeness (QED) is 0.541. The molecule has 0 saturated carbocycles. The molecule has 3 heterocycles. The van der Waals surface area contributed by atoms with Crippen molar-refractivity contribution in [2.45, 2.75) is 20.0 Å². The van der Waals surface area contributed by atoms with Crippen LogP contribution >= 0.6 is 0 Å². The van der Waals surface area contributed by atoms with Crippen LogP contribution in [-0.4, -0.2) is 35.3 Å². The highest BCUT2D eigenvalue weighted by Crippen LogP contribution is 2.31. The number of hydrogen-bond acceptors (Lipinski definition) is 6. The fourth-order valence-electron chi connectivity index (χ4n) is 3.61. The molecule has 7 heteroatoms. The van der Waals surface area contributed by atoms with Gasteiger partial charge in [0.05, 0.1) is 28.9 Å². The van der Waals surface area contributed by atoms with Gasteiger partial charge in [0.25, 0.3) is 11.6 Å². The van der Waals surface area contributed by atoms with E-state index in [9.17, 15) is 4.79 Å². The Kier molecular flexibility index (Phi) is 4.78. The van der Waals surface area contributed by atoms with Gasteiger partial charge < -0.3 is 19.3 Å². The molecular formula is C24H21N3O4. The van der Waals surface area contributed by atoms with Gasteiger partial charge in [-0.3, -0.25) is 4.79 Å². The van der Waals surface area contributed by atoms with Gasteiger partial charge in [-0.25, -0.2) is 4.98 Å². The summed E-state index contributed by atoms with van der Waals surface area (Å²) in [5, 5.41) is 7.57. The third-order valence-electron chi connectivity index (χ3n) is 5.27. The van der Waals surface area contributed by atoms with Crippen LogP contribution in [0.5, 0.6) is 11.5 Å². The number of pyridine rings is 1. The molecule has 1 atom stereocenters. The average Bonchev–Trinajstić information content (AvgIpc) is 3.18. The summed E-state index contributed by atoms with van der Waals surface area (Å²) in [7, 11) is 0. The molecule has 4 aromatic rings. The number of carbonyl (C=O) groups excluding carboxylic acids is 1. The van der Waals surface area contributed by atoms with Gasteiger partial charge in [0, 0.05) is 5.56 Å². The highest BCUT2D eigenvalue weighted by molar-refractivity contribution is 6.07. The van der Waals surface area contributed by atoms with Gasteiger partial charge in [0.15, 0.2) is 11.5 Å². The van der Waals surface area contributed by atoms with Gasteiger partial charge >= 0.3 is 0 Å². The zero-order valence-electron chi connectivity index (χ0n) is 17.2. The predicted molar refractivity (Wildman–Crippen MR) is 115 cm³/mol. The van der Waals surface area contributed by atoms with Crippen LogP contribution in [0.3, 0.4) is 0 Å². The largest absolute Gasteiger partial charge is 0.486 e. The Bertz CT molecular complexity index is 1260. The number of rotatable bonds is 4. The number of hydrogen-bond donors (Lipinski definition) is 1. The topological polar surface area (TPSA) is 86.5 Å². The Morgan fingerprint density at radius 1 is 1.10 bits per heavy atom. The number of para-hydroxylation sites is 2. The highest BCUT2D eigenvalue weighted by Gasteiger charge is 2.23. The summed E-state index contributed by atoms with van der Waals surface area (Å²) in [4.78, 5) is 17.7. The molecule has 5 rings (SSSR count). The van der Waals surface area contributed by atoms with E-state index in [4.69, 9.17) is 14.0 Å². The molecule has 0 spiro atoms. The summed E-state index contributed by atoms with van der Waals surface area (Å²) >= 11 is 0. The Hall–Kier alpha value is -3.87. The summed E-state index contributed by atoms with van der Waals surface area (Å²) in [5.41, 5.74) is 4.13. The van der Waals surface area contributed by atoms with E-state index in [1.165, 1.54) is 0 Å². The molecule has 0 aliphatic carbocycles. The first kappa shape index (κ1) is 19.1. The van der Waals surface area contributed by atoms with E-state index >= 15 is 0 Å². The molecule has 2 aromatic carbocycles. The lowest BCUT2D eigenvalue weighted by molar-refractivity contribution is 0.0790. The van der Waals surface area contributed by atoms with Crippen LogP contribution in [-0.2, 0) is 0 Å². The van der Waals surface area contributed by atoms with Crippen molar-refractivity contribution in [1.29, 1.82) is 0 Å². The Labute approximate surface area is 179 Å². The molecule has 0 fully saturated rings. The van der Waals surface area contributed by atoms with E-state index in [0.717, 1.165) is 11.1 Å². The Morgan fingerprint density at radius 2 is 1.87 bits per heavy atom. The van der Waals surface area contributed by atoms with Gasteiger partial charge in [-0.15, -0.1) is 0 Å². The first-order valence-electron chi connectivity index (χ1n) is 10.1. The number of fused-ring (bicyclic) bond motifs is 2. The number of carbonyl (C=O) groups is 1. The number of amides is 1. The summed E-state index contributed by atoms with van der Waals surface area (Å²) in [5.74, 6) is 1.15. The van der Waals surface area contributed by atoms with Crippen LogP contribution in [0.2, 0.25) is 0 Å². The molecule has 1 amide bonds. The second-order valence-electron chi connectivity index (χ2n) is 7.58. The molecule has 1 aliphatic rings. The Morgan fingerprint density at radius 3 is 2.68 bits per heavy atom. The van der Waals surface area contributed by atoms with Crippen molar-refractivity contribution in [3.63, 3.8) is 0 Å². The van der Waals surface area contributed by atoms with Crippen LogP contribution in [0.1, 0.15) is 21.6 Å². The molecule has 1 aliphatic heterocycles. The molecule has 1 N–H and O–H groups in total. The number of nitrogens with one attached hydrogen (secondary N) is 1. The van der Waals surface area contributed by atoms with Crippen molar-refractivity contribution >= 4 is 17.0 Å². The van der Waals surface area contributed by atoms with E-state index in [2.05, 4.69) is 15.5 Å². The minimum absolute atomic E-state index is 0.241. The highest BCUT2D eigenvalue weighted by atomic mass is 16.6. The molecule has 31 heavy (non-hydrogen) atoms. The van der Waals surface area contributed by atoms with Gasteiger partial charge in [-0.2, -0.15) is 0 Å². The second-order valence-corrected chi connectivity index (χ2v) is 7.58. The second kappa shape index (κ2) is 7.75. The molecule has 0 saturated heterocycles. The minimum atomic E-state index is -0.281. The molecule has 2 aromatic heterocycles. The standard InChI is InChI=1S/C24H21N3O4/c1-14-7-9-16(10-8-14)19-11-18(22-15(2)27-31-24(22)26-19)23(28)25-12-17-13-29-20-5-3-4-6-21(20)30-17/h3-11,17H,12-13H2,1-2H3,(H,25,28)/t17-/m1/s1. The fourth-order valence-corrected chi connectivity index (χ4v) is 3.61. The lowest BCUT2D eigenvalue weighted by Crippen LogP contribution is -2.40. The summed E-state index contributed by atoms with van der Waals surface area (Å²) in [6.07, 6.45) is -0.281. The number of benzene rings is 2. The monoisotopic (exact) mass is 415 g/mol. The SMILES string of the molecule is Cc1ccc(-c2cc(C(=O)NC[C@@H]3COc4ccccc4O3)c3c(C)noc3n2)cc1. The maximum atomic E-state index is 13.1. The number of aryl methyl sites for hydroxylation is 2. The smallest absolute Gasteiger partial charge is 0.259 e. The number of nitrogens with zero attached hydrogens (tertiary/aromatic N) is 2. The molecule has 0 radical (unpaired) electrons. The summed E-state index contributed by atoms with van der Waals surface area (Å²) < 4.78 is 17.0. The predicted octanol–water partition coefficient (Wildman–Crippen LogP) is 4.08. The van der Waals surface area contributed by atoms with Crippen molar-refractivity contribution in [1.82, 2.24) is 15.5 Å². The van der Waals surface area contributed by atoms with E-state index < -0.39 is 0 Å². The van der Waals surface area contributed by atoms with Gasteiger partial charge in [0.2, 0.25) is 0 Å². The van der Waals surface area contributed by atoms with E-state index in [1.807, 2.05) is 55.5 Å². The Balaban J connectivity index is 1.40. The molecule has 156 valence electrons. The first-order valence-corrected chi connectivity index (χ1v) is 10.1. The van der Waals surface area contributed by atoms with Gasteiger partial charge in [0.1, 0.15) is 12.7 Å². The summed E-state index contributed by atoms with van der Waals surface area (Å²) in [6, 6.07) is 17.2. The van der Waals surface area contributed by atoms with E-state index in [0.29, 0.717) is 52.7 Å². The third kappa shape index (κ3) is 3.70. The molecular weight excluding hydrogens is 394 g/mol. The van der Waals surface area contributed by atoms with Crippen molar-refractivity contribution in [2.75, 3.05) is 13.2 Å². The number of aromatic nitrogens is 2.